The second kappa shape index (κ2) is 10.5. The van der Waals surface area contributed by atoms with Gasteiger partial charge in [0.1, 0.15) is 7.05 Å². The zero-order chi connectivity index (χ0) is 27.4. The van der Waals surface area contributed by atoms with E-state index in [1.165, 1.54) is 0 Å². The summed E-state index contributed by atoms with van der Waals surface area (Å²) in [4.78, 5) is 16.0. The molecule has 204 valence electrons. The smallest absolute Gasteiger partial charge is 0.374 e. The van der Waals surface area contributed by atoms with Crippen LogP contribution in [0.1, 0.15) is 28.3 Å². The maximum atomic E-state index is 14.0. The van der Waals surface area contributed by atoms with Crippen LogP contribution < -0.4 is 43.7 Å². The lowest BCUT2D eigenvalue weighted by molar-refractivity contribution is -0.651. The number of hydrogen-bond donors (Lipinski definition) is 0. The Morgan fingerprint density at radius 1 is 0.925 bits per heavy atom. The molecule has 7 nitrogen and oxygen atoms in total. The summed E-state index contributed by atoms with van der Waals surface area (Å²) in [6.45, 7) is 6.04. The molecule has 5 aromatic rings. The second-order valence-electron chi connectivity index (χ2n) is 10.1. The van der Waals surface area contributed by atoms with E-state index in [-0.39, 0.29) is 29.5 Å². The summed E-state index contributed by atoms with van der Waals surface area (Å²) in [5.41, 5.74) is 7.76. The Morgan fingerprint density at radius 3 is 2.38 bits per heavy atom. The third kappa shape index (κ3) is 4.56. The number of rotatable bonds is 4. The lowest BCUT2D eigenvalue weighted by Crippen LogP contribution is -3.00. The van der Waals surface area contributed by atoms with Crippen LogP contribution in [-0.2, 0) is 14.1 Å². The van der Waals surface area contributed by atoms with Crippen molar-refractivity contribution in [2.45, 2.75) is 20.8 Å². The van der Waals surface area contributed by atoms with Crippen molar-refractivity contribution in [1.82, 2.24) is 9.36 Å². The normalized spacial score (nSPS) is 14.0. The minimum atomic E-state index is -0.118. The van der Waals surface area contributed by atoms with Crippen molar-refractivity contribution in [3.63, 3.8) is 0 Å². The van der Waals surface area contributed by atoms with Gasteiger partial charge in [-0.05, 0) is 62.2 Å². The van der Waals surface area contributed by atoms with Gasteiger partial charge >= 0.3 is 5.89 Å². The molecule has 2 aromatic heterocycles. The first kappa shape index (κ1) is 27.5. The summed E-state index contributed by atoms with van der Waals surface area (Å²) in [5.74, 6) is 2.05. The molecule has 0 spiro atoms. The Kier molecular flexibility index (Phi) is 7.22. The van der Waals surface area contributed by atoms with Crippen molar-refractivity contribution >= 4 is 28.4 Å². The molecule has 6 rings (SSSR count). The van der Waals surface area contributed by atoms with Crippen molar-refractivity contribution in [2.75, 3.05) is 11.9 Å². The van der Waals surface area contributed by atoms with Crippen molar-refractivity contribution in [3.8, 4) is 11.4 Å². The van der Waals surface area contributed by atoms with Crippen LogP contribution in [0.25, 0.3) is 28.4 Å². The van der Waals surface area contributed by atoms with E-state index in [0.717, 1.165) is 45.0 Å². The summed E-state index contributed by atoms with van der Waals surface area (Å²) >= 11 is 0. The predicted molar refractivity (Wildman–Crippen MR) is 154 cm³/mol. The first-order valence-electron chi connectivity index (χ1n) is 12.9. The molecule has 0 amide bonds. The number of nitrogens with zero attached hydrogens (tertiary/aromatic N) is 4. The Balaban J connectivity index is 0.00000323. The molecule has 0 N–H and O–H groups in total. The lowest BCUT2D eigenvalue weighted by Gasteiger charge is -2.11. The quantitative estimate of drug-likeness (QED) is 0.223. The fraction of sp³-hybridized carbons (Fsp3) is 0.188. The highest BCUT2D eigenvalue weighted by molar-refractivity contribution is 5.88. The molecule has 40 heavy (non-hydrogen) atoms. The van der Waals surface area contributed by atoms with Crippen LogP contribution in [-0.4, -0.2) is 16.4 Å². The molecule has 0 saturated heterocycles. The van der Waals surface area contributed by atoms with Crippen LogP contribution in [0.5, 0.6) is 5.75 Å². The number of benzene rings is 3. The number of aromatic nitrogens is 3. The Hall–Kier alpha value is -4.05. The van der Waals surface area contributed by atoms with Crippen LogP contribution >= 0.6 is 0 Å². The molecule has 0 fully saturated rings. The summed E-state index contributed by atoms with van der Waals surface area (Å²) in [5, 5.41) is 0. The average Bonchev–Trinajstić information content (AvgIpc) is 3.47. The van der Waals surface area contributed by atoms with Gasteiger partial charge in [0, 0.05) is 37.5 Å². The molecule has 0 bridgehead atoms. The van der Waals surface area contributed by atoms with E-state index in [1.807, 2.05) is 123 Å². The van der Waals surface area contributed by atoms with Crippen LogP contribution in [0.3, 0.4) is 0 Å². The van der Waals surface area contributed by atoms with E-state index < -0.39 is 0 Å². The highest BCUT2D eigenvalue weighted by Gasteiger charge is 2.27. The van der Waals surface area contributed by atoms with Crippen molar-refractivity contribution in [2.24, 2.45) is 14.1 Å². The molecule has 0 saturated carbocycles. The van der Waals surface area contributed by atoms with Gasteiger partial charge in [0.05, 0.1) is 23.0 Å². The SMILES string of the molecule is Cc1ccc2c(c1)OC(=CC(=Cc1oc3cc(C)ccc3[n+]1C)c1c(C)n(C)n(-c3ccccc3)c1=O)N2C.[I-]. The number of hydrogen-bond acceptors (Lipinski definition) is 4. The topological polar surface area (TPSA) is 56.4 Å². The molecule has 0 atom stereocenters. The molecular formula is C32H31IN4O3. The summed E-state index contributed by atoms with van der Waals surface area (Å²) in [7, 11) is 5.84. The van der Waals surface area contributed by atoms with Gasteiger partial charge in [-0.25, -0.2) is 4.68 Å². The Morgan fingerprint density at radius 2 is 1.62 bits per heavy atom. The van der Waals surface area contributed by atoms with E-state index in [2.05, 4.69) is 12.1 Å². The minimum absolute atomic E-state index is 0. The summed E-state index contributed by atoms with van der Waals surface area (Å²) < 4.78 is 18.2. The number of ether oxygens (including phenoxy) is 1. The number of allylic oxidation sites excluding steroid dienone is 2. The third-order valence-electron chi connectivity index (χ3n) is 7.44. The summed E-state index contributed by atoms with van der Waals surface area (Å²) in [6, 6.07) is 21.9. The maximum absolute atomic E-state index is 14.0. The molecule has 0 unspecified atom stereocenters. The zero-order valence-corrected chi connectivity index (χ0v) is 25.6. The van der Waals surface area contributed by atoms with Gasteiger partial charge in [0.25, 0.3) is 11.1 Å². The fourth-order valence-electron chi connectivity index (χ4n) is 5.17. The highest BCUT2D eigenvalue weighted by Crippen LogP contribution is 2.39. The van der Waals surface area contributed by atoms with E-state index in [1.54, 1.807) is 4.68 Å². The number of aryl methyl sites for hydroxylation is 3. The van der Waals surface area contributed by atoms with Gasteiger partial charge in [0.2, 0.25) is 11.5 Å². The van der Waals surface area contributed by atoms with E-state index in [9.17, 15) is 4.79 Å². The number of oxazole rings is 1. The molecule has 3 heterocycles. The van der Waals surface area contributed by atoms with Crippen molar-refractivity contribution < 1.29 is 37.7 Å². The molecule has 0 radical (unpaired) electrons. The lowest BCUT2D eigenvalue weighted by atomic mass is 10.1. The van der Waals surface area contributed by atoms with Gasteiger partial charge in [-0.2, -0.15) is 4.57 Å². The fourth-order valence-corrected chi connectivity index (χ4v) is 5.17. The van der Waals surface area contributed by atoms with E-state index in [4.69, 9.17) is 9.15 Å². The van der Waals surface area contributed by atoms with Gasteiger partial charge in [-0.1, -0.05) is 30.3 Å². The standard InChI is InChI=1S/C32H31N4O3.HI/c1-20-12-14-25-27(16-20)38-29(33(25)4)18-23(19-30-34(5)26-15-13-21(2)17-28(26)39-30)31-22(3)35(6)36(32(31)37)24-10-8-7-9-11-24;/h7-19H,1-6H3;1H/q+1;/p-1. The molecule has 8 heteroatoms. The largest absolute Gasteiger partial charge is 1.00 e. The molecule has 3 aromatic carbocycles. The Labute approximate surface area is 250 Å². The van der Waals surface area contributed by atoms with Gasteiger partial charge in [-0.3, -0.25) is 9.48 Å². The van der Waals surface area contributed by atoms with Crippen LogP contribution in [0.4, 0.5) is 5.69 Å². The number of para-hydroxylation sites is 1. The van der Waals surface area contributed by atoms with Gasteiger partial charge in [-0.15, -0.1) is 0 Å². The molecular weight excluding hydrogens is 615 g/mol. The van der Waals surface area contributed by atoms with E-state index >= 15 is 0 Å². The minimum Gasteiger partial charge on any atom is -1.00 e. The third-order valence-corrected chi connectivity index (χ3v) is 7.44. The van der Waals surface area contributed by atoms with Gasteiger partial charge < -0.3 is 38.0 Å². The van der Waals surface area contributed by atoms with Crippen molar-refractivity contribution in [3.05, 3.63) is 117 Å². The maximum Gasteiger partial charge on any atom is 0.374 e. The molecule has 1 aliphatic heterocycles. The highest BCUT2D eigenvalue weighted by atomic mass is 127. The zero-order valence-electron chi connectivity index (χ0n) is 23.4. The average molecular weight is 647 g/mol. The summed E-state index contributed by atoms with van der Waals surface area (Å²) in [6.07, 6.45) is 3.85. The van der Waals surface area contributed by atoms with Crippen LogP contribution in [0, 0.1) is 20.8 Å². The van der Waals surface area contributed by atoms with Crippen LogP contribution in [0.2, 0.25) is 0 Å². The predicted octanol–water partition coefficient (Wildman–Crippen LogP) is 2.59. The second-order valence-corrected chi connectivity index (χ2v) is 10.1. The number of anilines is 1. The first-order chi connectivity index (χ1) is 18.7. The number of halogens is 1. The van der Waals surface area contributed by atoms with Crippen LogP contribution in [0.15, 0.2) is 87.9 Å². The van der Waals surface area contributed by atoms with Gasteiger partial charge in [0.15, 0.2) is 5.75 Å². The Bertz CT molecular complexity index is 1880. The first-order valence-corrected chi connectivity index (χ1v) is 12.9. The monoisotopic (exact) mass is 646 g/mol. The van der Waals surface area contributed by atoms with E-state index in [0.29, 0.717) is 22.9 Å². The molecule has 0 aliphatic carbocycles. The van der Waals surface area contributed by atoms with Crippen molar-refractivity contribution in [1.29, 1.82) is 0 Å². The number of fused-ring (bicyclic) bond motifs is 2. The molecule has 1 aliphatic rings.